The Balaban J connectivity index is 1.50. The third-order valence-electron chi connectivity index (χ3n) is 3.34. The Morgan fingerprint density at radius 3 is 3.35 bits per heavy atom. The van der Waals surface area contributed by atoms with Crippen LogP contribution < -0.4 is 15.0 Å². The molecule has 10 heteroatoms. The molecule has 1 amide bonds. The largest absolute Gasteiger partial charge is 0.477 e. The Kier molecular flexibility index (Phi) is 5.03. The van der Waals surface area contributed by atoms with Gasteiger partial charge in [0.25, 0.3) is 5.91 Å². The summed E-state index contributed by atoms with van der Waals surface area (Å²) in [6, 6.07) is 1.58. The van der Waals surface area contributed by atoms with E-state index in [0.29, 0.717) is 37.9 Å². The summed E-state index contributed by atoms with van der Waals surface area (Å²) in [7, 11) is 0. The van der Waals surface area contributed by atoms with Crippen molar-refractivity contribution in [2.24, 2.45) is 0 Å². The quantitative estimate of drug-likeness (QED) is 0.780. The first-order valence-corrected chi connectivity index (χ1v) is 8.23. The molecule has 1 fully saturated rings. The third-order valence-corrected chi connectivity index (χ3v) is 4.09. The summed E-state index contributed by atoms with van der Waals surface area (Å²) >= 11 is 1.49. The number of amides is 1. The smallest absolute Gasteiger partial charge is 0.269 e. The molecule has 3 heterocycles. The SMILES string of the molecule is CCOc1cc(C(=O)NC[C@H]2CN(c3nncs3)CCO2)[nH]n1. The second-order valence-corrected chi connectivity index (χ2v) is 5.73. The number of hydrogen-bond donors (Lipinski definition) is 2. The lowest BCUT2D eigenvalue weighted by Crippen LogP contribution is -2.47. The first kappa shape index (κ1) is 15.7. The Morgan fingerprint density at radius 2 is 2.57 bits per heavy atom. The third kappa shape index (κ3) is 3.96. The Bertz CT molecular complexity index is 631. The predicted octanol–water partition coefficient (Wildman–Crippen LogP) is 0.295. The van der Waals surface area contributed by atoms with Crippen molar-refractivity contribution in [3.05, 3.63) is 17.3 Å². The highest BCUT2D eigenvalue weighted by Crippen LogP contribution is 2.18. The van der Waals surface area contributed by atoms with Crippen molar-refractivity contribution in [2.45, 2.75) is 13.0 Å². The van der Waals surface area contributed by atoms with Gasteiger partial charge in [-0.1, -0.05) is 11.3 Å². The molecule has 1 atom stereocenters. The van der Waals surface area contributed by atoms with Crippen LogP contribution in [0, 0.1) is 0 Å². The zero-order valence-corrected chi connectivity index (χ0v) is 13.5. The minimum Gasteiger partial charge on any atom is -0.477 e. The predicted molar refractivity (Wildman–Crippen MR) is 84.0 cm³/mol. The minimum atomic E-state index is -0.236. The van der Waals surface area contributed by atoms with Gasteiger partial charge in [-0.25, -0.2) is 0 Å². The van der Waals surface area contributed by atoms with E-state index in [1.165, 1.54) is 11.3 Å². The fraction of sp³-hybridized carbons (Fsp3) is 0.538. The van der Waals surface area contributed by atoms with E-state index in [1.807, 2.05) is 6.92 Å². The summed E-state index contributed by atoms with van der Waals surface area (Å²) in [4.78, 5) is 14.2. The van der Waals surface area contributed by atoms with Crippen molar-refractivity contribution >= 4 is 22.4 Å². The number of anilines is 1. The van der Waals surface area contributed by atoms with Gasteiger partial charge < -0.3 is 19.7 Å². The van der Waals surface area contributed by atoms with E-state index in [1.54, 1.807) is 11.6 Å². The van der Waals surface area contributed by atoms with Gasteiger partial charge >= 0.3 is 0 Å². The van der Waals surface area contributed by atoms with Crippen LogP contribution in [0.15, 0.2) is 11.6 Å². The summed E-state index contributed by atoms with van der Waals surface area (Å²) in [5.41, 5.74) is 2.07. The number of carbonyl (C=O) groups is 1. The van der Waals surface area contributed by atoms with E-state index < -0.39 is 0 Å². The number of ether oxygens (including phenoxy) is 2. The number of rotatable bonds is 6. The fourth-order valence-electron chi connectivity index (χ4n) is 2.26. The normalized spacial score (nSPS) is 18.0. The van der Waals surface area contributed by atoms with Gasteiger partial charge in [0.2, 0.25) is 11.0 Å². The van der Waals surface area contributed by atoms with Crippen LogP contribution in [-0.4, -0.2) is 65.3 Å². The molecule has 1 aliphatic heterocycles. The second-order valence-electron chi connectivity index (χ2n) is 4.92. The molecule has 0 bridgehead atoms. The van der Waals surface area contributed by atoms with Gasteiger partial charge in [-0.3, -0.25) is 9.89 Å². The first-order valence-electron chi connectivity index (χ1n) is 7.35. The molecule has 9 nitrogen and oxygen atoms in total. The maximum absolute atomic E-state index is 12.1. The molecule has 0 aromatic carbocycles. The molecule has 2 N–H and O–H groups in total. The van der Waals surface area contributed by atoms with Crippen molar-refractivity contribution in [3.8, 4) is 5.88 Å². The molecule has 1 aliphatic rings. The van der Waals surface area contributed by atoms with Crippen LogP contribution in [0.5, 0.6) is 5.88 Å². The number of aromatic amines is 1. The molecule has 0 spiro atoms. The van der Waals surface area contributed by atoms with Crippen LogP contribution in [0.1, 0.15) is 17.4 Å². The summed E-state index contributed by atoms with van der Waals surface area (Å²) in [5.74, 6) is 0.175. The number of nitrogens with one attached hydrogen (secondary N) is 2. The molecule has 0 unspecified atom stereocenters. The van der Waals surface area contributed by atoms with Crippen molar-refractivity contribution in [3.63, 3.8) is 0 Å². The molecule has 124 valence electrons. The monoisotopic (exact) mass is 338 g/mol. The van der Waals surface area contributed by atoms with Crippen LogP contribution in [0.25, 0.3) is 0 Å². The highest BCUT2D eigenvalue weighted by Gasteiger charge is 2.23. The zero-order valence-electron chi connectivity index (χ0n) is 12.7. The Morgan fingerprint density at radius 1 is 1.65 bits per heavy atom. The lowest BCUT2D eigenvalue weighted by Gasteiger charge is -2.32. The van der Waals surface area contributed by atoms with Crippen molar-refractivity contribution < 1.29 is 14.3 Å². The van der Waals surface area contributed by atoms with Gasteiger partial charge in [0.05, 0.1) is 19.3 Å². The van der Waals surface area contributed by atoms with Gasteiger partial charge in [-0.2, -0.15) is 0 Å². The summed E-state index contributed by atoms with van der Waals surface area (Å²) in [6.07, 6.45) is -0.0918. The van der Waals surface area contributed by atoms with Crippen LogP contribution in [0.3, 0.4) is 0 Å². The number of H-pyrrole nitrogens is 1. The maximum atomic E-state index is 12.1. The highest BCUT2D eigenvalue weighted by molar-refractivity contribution is 7.13. The summed E-state index contributed by atoms with van der Waals surface area (Å²) in [5, 5.41) is 18.2. The maximum Gasteiger partial charge on any atom is 0.269 e. The van der Waals surface area contributed by atoms with Crippen LogP contribution >= 0.6 is 11.3 Å². The first-order chi connectivity index (χ1) is 11.3. The minimum absolute atomic E-state index is 0.0918. The number of carbonyl (C=O) groups excluding carboxylic acids is 1. The van der Waals surface area contributed by atoms with E-state index in [9.17, 15) is 4.79 Å². The average Bonchev–Trinajstić information content (AvgIpc) is 3.25. The Labute approximate surface area is 137 Å². The Hall–Kier alpha value is -2.20. The zero-order chi connectivity index (χ0) is 16.1. The number of aromatic nitrogens is 4. The molecule has 0 aliphatic carbocycles. The van der Waals surface area contributed by atoms with Gasteiger partial charge in [-0.05, 0) is 6.92 Å². The van der Waals surface area contributed by atoms with E-state index in [-0.39, 0.29) is 12.0 Å². The fourth-order valence-corrected chi connectivity index (χ4v) is 2.86. The van der Waals surface area contributed by atoms with Crippen LogP contribution in [0.2, 0.25) is 0 Å². The van der Waals surface area contributed by atoms with Crippen LogP contribution in [-0.2, 0) is 4.74 Å². The molecule has 0 saturated carbocycles. The topological polar surface area (TPSA) is 105 Å². The molecular formula is C13H18N6O3S. The van der Waals surface area contributed by atoms with E-state index in [0.717, 1.165) is 11.7 Å². The van der Waals surface area contributed by atoms with Gasteiger partial charge in [0.1, 0.15) is 11.2 Å². The molecule has 2 aromatic heterocycles. The second kappa shape index (κ2) is 7.38. The number of nitrogens with zero attached hydrogens (tertiary/aromatic N) is 4. The lowest BCUT2D eigenvalue weighted by molar-refractivity contribution is 0.0396. The molecule has 1 saturated heterocycles. The van der Waals surface area contributed by atoms with Crippen molar-refractivity contribution in [1.29, 1.82) is 0 Å². The van der Waals surface area contributed by atoms with E-state index >= 15 is 0 Å². The van der Waals surface area contributed by atoms with Crippen LogP contribution in [0.4, 0.5) is 5.13 Å². The van der Waals surface area contributed by atoms with Crippen molar-refractivity contribution in [2.75, 3.05) is 37.7 Å². The highest BCUT2D eigenvalue weighted by atomic mass is 32.1. The van der Waals surface area contributed by atoms with Gasteiger partial charge in [0, 0.05) is 25.7 Å². The molecule has 3 rings (SSSR count). The number of hydrogen-bond acceptors (Lipinski definition) is 8. The van der Waals surface area contributed by atoms with E-state index in [4.69, 9.17) is 9.47 Å². The molecular weight excluding hydrogens is 320 g/mol. The van der Waals surface area contributed by atoms with Crippen molar-refractivity contribution in [1.82, 2.24) is 25.7 Å². The standard InChI is InChI=1S/C13H18N6O3S/c1-2-21-11-5-10(16-17-11)12(20)14-6-9-7-19(3-4-22-9)13-18-15-8-23-13/h5,8-9H,2-4,6-7H2,1H3,(H,14,20)(H,16,17)/t9-/m0/s1. The lowest BCUT2D eigenvalue weighted by atomic mass is 10.2. The number of morpholine rings is 1. The summed E-state index contributed by atoms with van der Waals surface area (Å²) < 4.78 is 10.9. The molecule has 23 heavy (non-hydrogen) atoms. The van der Waals surface area contributed by atoms with E-state index in [2.05, 4.69) is 30.6 Å². The van der Waals surface area contributed by atoms with Gasteiger partial charge in [0.15, 0.2) is 0 Å². The van der Waals surface area contributed by atoms with Gasteiger partial charge in [-0.15, -0.1) is 15.3 Å². The average molecular weight is 338 g/mol. The molecule has 2 aromatic rings. The summed E-state index contributed by atoms with van der Waals surface area (Å²) in [6.45, 7) is 4.82. The molecule has 0 radical (unpaired) electrons.